The zero-order chi connectivity index (χ0) is 13.8. The Morgan fingerprint density at radius 3 is 2.58 bits per heavy atom. The van der Waals surface area contributed by atoms with Crippen LogP contribution in [0.4, 0.5) is 20.2 Å². The van der Waals surface area contributed by atoms with Gasteiger partial charge in [0.15, 0.2) is 0 Å². The summed E-state index contributed by atoms with van der Waals surface area (Å²) >= 11 is 0. The number of benzene rings is 2. The average Bonchev–Trinajstić information content (AvgIpc) is 2.40. The third kappa shape index (κ3) is 2.99. The smallest absolute Gasteiger partial charge is 0.145 e. The normalized spacial score (nSPS) is 9.79. The minimum absolute atomic E-state index is 0.198. The van der Waals surface area contributed by atoms with Gasteiger partial charge in [0.1, 0.15) is 17.4 Å². The first-order valence-corrected chi connectivity index (χ1v) is 5.43. The third-order valence-electron chi connectivity index (χ3n) is 2.47. The van der Waals surface area contributed by atoms with Gasteiger partial charge in [0.05, 0.1) is 24.4 Å². The molecule has 0 spiro atoms. The number of nitrogens with zero attached hydrogens (tertiary/aromatic N) is 1. The Hall–Kier alpha value is -2.61. The first-order valence-electron chi connectivity index (χ1n) is 5.43. The molecule has 2 aromatic rings. The van der Waals surface area contributed by atoms with Crippen LogP contribution < -0.4 is 10.1 Å². The number of halogens is 2. The number of methoxy groups -OCH3 is 1. The van der Waals surface area contributed by atoms with Crippen LogP contribution in [-0.4, -0.2) is 7.11 Å². The highest BCUT2D eigenvalue weighted by molar-refractivity contribution is 5.67. The summed E-state index contributed by atoms with van der Waals surface area (Å²) in [5, 5.41) is 11.7. The second kappa shape index (κ2) is 5.36. The van der Waals surface area contributed by atoms with Crippen molar-refractivity contribution >= 4 is 11.4 Å². The largest absolute Gasteiger partial charge is 0.494 e. The molecule has 0 atom stereocenters. The molecule has 0 aliphatic heterocycles. The van der Waals surface area contributed by atoms with Crippen molar-refractivity contribution in [3.63, 3.8) is 0 Å². The van der Waals surface area contributed by atoms with Gasteiger partial charge in [0.2, 0.25) is 0 Å². The fourth-order valence-electron chi connectivity index (χ4n) is 1.65. The average molecular weight is 260 g/mol. The van der Waals surface area contributed by atoms with Crippen LogP contribution in [0.2, 0.25) is 0 Å². The van der Waals surface area contributed by atoms with Crippen LogP contribution in [0.1, 0.15) is 5.56 Å². The van der Waals surface area contributed by atoms with Crippen LogP contribution in [0.3, 0.4) is 0 Å². The maximum absolute atomic E-state index is 13.3. The summed E-state index contributed by atoms with van der Waals surface area (Å²) in [5.74, 6) is -0.662. The quantitative estimate of drug-likeness (QED) is 0.917. The highest BCUT2D eigenvalue weighted by Crippen LogP contribution is 2.28. The predicted octanol–water partition coefficient (Wildman–Crippen LogP) is 3.59. The summed E-state index contributed by atoms with van der Waals surface area (Å²) in [6, 6.07) is 9.68. The first-order chi connectivity index (χ1) is 9.12. The summed E-state index contributed by atoms with van der Waals surface area (Å²) in [5.41, 5.74) is 1.07. The lowest BCUT2D eigenvalue weighted by atomic mass is 10.2. The van der Waals surface area contributed by atoms with Crippen molar-refractivity contribution in [1.82, 2.24) is 0 Å². The number of nitriles is 1. The molecule has 0 aliphatic rings. The fraction of sp³-hybridized carbons (Fsp3) is 0.0714. The van der Waals surface area contributed by atoms with Crippen molar-refractivity contribution in [2.75, 3.05) is 12.4 Å². The second-order valence-electron chi connectivity index (χ2n) is 3.81. The van der Waals surface area contributed by atoms with Crippen LogP contribution in [0.5, 0.6) is 5.75 Å². The molecule has 0 radical (unpaired) electrons. The summed E-state index contributed by atoms with van der Waals surface area (Å²) < 4.78 is 31.4. The van der Waals surface area contributed by atoms with Gasteiger partial charge in [0, 0.05) is 11.8 Å². The lowest BCUT2D eigenvalue weighted by Crippen LogP contribution is -1.96. The topological polar surface area (TPSA) is 45.0 Å². The fourth-order valence-corrected chi connectivity index (χ4v) is 1.65. The van der Waals surface area contributed by atoms with Crippen LogP contribution in [-0.2, 0) is 0 Å². The van der Waals surface area contributed by atoms with Gasteiger partial charge in [-0.3, -0.25) is 0 Å². The highest BCUT2D eigenvalue weighted by Gasteiger charge is 2.06. The van der Waals surface area contributed by atoms with Gasteiger partial charge in [-0.15, -0.1) is 0 Å². The molecular formula is C14H10F2N2O. The summed E-state index contributed by atoms with van der Waals surface area (Å²) in [4.78, 5) is 0. The van der Waals surface area contributed by atoms with Gasteiger partial charge in [-0.2, -0.15) is 5.26 Å². The van der Waals surface area contributed by atoms with Crippen molar-refractivity contribution in [1.29, 1.82) is 5.26 Å². The Morgan fingerprint density at radius 1 is 1.11 bits per heavy atom. The van der Waals surface area contributed by atoms with Gasteiger partial charge >= 0.3 is 0 Å². The molecule has 3 nitrogen and oxygen atoms in total. The first kappa shape index (κ1) is 12.8. The molecule has 1 N–H and O–H groups in total. The number of hydrogen-bond donors (Lipinski definition) is 1. The van der Waals surface area contributed by atoms with E-state index in [1.807, 2.05) is 6.07 Å². The number of nitrogens with one attached hydrogen (secondary N) is 1. The zero-order valence-electron chi connectivity index (χ0n) is 10.1. The van der Waals surface area contributed by atoms with Crippen molar-refractivity contribution < 1.29 is 13.5 Å². The van der Waals surface area contributed by atoms with E-state index in [1.165, 1.54) is 37.4 Å². The maximum atomic E-state index is 13.3. The van der Waals surface area contributed by atoms with Crippen molar-refractivity contribution in [2.24, 2.45) is 0 Å². The van der Waals surface area contributed by atoms with Gasteiger partial charge in [-0.05, 0) is 30.3 Å². The number of hydrogen-bond acceptors (Lipinski definition) is 3. The molecule has 0 unspecified atom stereocenters. The standard InChI is InChI=1S/C14H10F2N2O/c1-19-14-7-10(15)2-3-13(14)18-12-5-9(8-17)4-11(16)6-12/h2-7,18H,1H3. The molecule has 0 aliphatic carbocycles. The molecule has 5 heteroatoms. The SMILES string of the molecule is COc1cc(F)ccc1Nc1cc(F)cc(C#N)c1. The maximum Gasteiger partial charge on any atom is 0.145 e. The Kier molecular flexibility index (Phi) is 3.62. The lowest BCUT2D eigenvalue weighted by molar-refractivity contribution is 0.413. The molecule has 0 aromatic heterocycles. The van der Waals surface area contributed by atoms with E-state index in [9.17, 15) is 8.78 Å². The number of rotatable bonds is 3. The van der Waals surface area contributed by atoms with Gasteiger partial charge in [0.25, 0.3) is 0 Å². The third-order valence-corrected chi connectivity index (χ3v) is 2.47. The molecule has 19 heavy (non-hydrogen) atoms. The Labute approximate surface area is 109 Å². The van der Waals surface area contributed by atoms with Crippen molar-refractivity contribution in [3.8, 4) is 11.8 Å². The monoisotopic (exact) mass is 260 g/mol. The molecule has 0 fully saturated rings. The van der Waals surface area contributed by atoms with E-state index in [4.69, 9.17) is 10.00 Å². The molecule has 0 amide bonds. The summed E-state index contributed by atoms with van der Waals surface area (Å²) in [7, 11) is 1.41. The van der Waals surface area contributed by atoms with Gasteiger partial charge < -0.3 is 10.1 Å². The predicted molar refractivity (Wildman–Crippen MR) is 67.3 cm³/mol. The molecule has 96 valence electrons. The van der Waals surface area contributed by atoms with Crippen LogP contribution in [0.15, 0.2) is 36.4 Å². The number of ether oxygens (including phenoxy) is 1. The van der Waals surface area contributed by atoms with E-state index < -0.39 is 11.6 Å². The molecule has 0 bridgehead atoms. The molecule has 2 aromatic carbocycles. The van der Waals surface area contributed by atoms with Crippen molar-refractivity contribution in [3.05, 3.63) is 53.6 Å². The Balaban J connectivity index is 2.36. The molecule has 0 saturated carbocycles. The molecular weight excluding hydrogens is 250 g/mol. The zero-order valence-corrected chi connectivity index (χ0v) is 10.1. The van der Waals surface area contributed by atoms with E-state index in [0.717, 1.165) is 6.07 Å². The molecule has 0 heterocycles. The van der Waals surface area contributed by atoms with E-state index >= 15 is 0 Å². The summed E-state index contributed by atoms with van der Waals surface area (Å²) in [6.07, 6.45) is 0. The lowest BCUT2D eigenvalue weighted by Gasteiger charge is -2.11. The highest BCUT2D eigenvalue weighted by atomic mass is 19.1. The second-order valence-corrected chi connectivity index (χ2v) is 3.81. The minimum Gasteiger partial charge on any atom is -0.494 e. The number of anilines is 2. The van der Waals surface area contributed by atoms with Crippen LogP contribution >= 0.6 is 0 Å². The minimum atomic E-state index is -0.525. The van der Waals surface area contributed by atoms with Gasteiger partial charge in [-0.1, -0.05) is 0 Å². The van der Waals surface area contributed by atoms with E-state index in [1.54, 1.807) is 0 Å². The Morgan fingerprint density at radius 2 is 1.89 bits per heavy atom. The molecule has 2 rings (SSSR count). The van der Waals surface area contributed by atoms with E-state index in [2.05, 4.69) is 5.32 Å². The van der Waals surface area contributed by atoms with E-state index in [0.29, 0.717) is 17.1 Å². The van der Waals surface area contributed by atoms with E-state index in [-0.39, 0.29) is 5.56 Å². The Bertz CT molecular complexity index is 650. The van der Waals surface area contributed by atoms with Crippen molar-refractivity contribution in [2.45, 2.75) is 0 Å². The van der Waals surface area contributed by atoms with Gasteiger partial charge in [-0.25, -0.2) is 8.78 Å². The summed E-state index contributed by atoms with van der Waals surface area (Å²) in [6.45, 7) is 0. The van der Waals surface area contributed by atoms with Crippen LogP contribution in [0, 0.1) is 23.0 Å². The van der Waals surface area contributed by atoms with Crippen LogP contribution in [0.25, 0.3) is 0 Å². The molecule has 0 saturated heterocycles.